The van der Waals surface area contributed by atoms with Gasteiger partial charge in [0.05, 0.1) is 0 Å². The van der Waals surface area contributed by atoms with Crippen LogP contribution in [-0.4, -0.2) is 29.9 Å². The minimum absolute atomic E-state index is 0.0125. The smallest absolute Gasteiger partial charge is 0.226 e. The molecule has 2 aromatic carbocycles. The Hall–Kier alpha value is -2.20. The van der Waals surface area contributed by atoms with E-state index in [4.69, 9.17) is 5.73 Å². The molecule has 1 saturated carbocycles. The van der Waals surface area contributed by atoms with Crippen LogP contribution in [0.3, 0.4) is 0 Å². The van der Waals surface area contributed by atoms with Crippen molar-refractivity contribution in [3.05, 3.63) is 59.4 Å². The van der Waals surface area contributed by atoms with Crippen LogP contribution in [0.25, 0.3) is 11.1 Å². The maximum atomic E-state index is 14.5. The van der Waals surface area contributed by atoms with Crippen LogP contribution in [0.4, 0.5) is 4.39 Å². The topological polar surface area (TPSA) is 46.3 Å². The summed E-state index contributed by atoms with van der Waals surface area (Å²) in [7, 11) is 0. The lowest BCUT2D eigenvalue weighted by Gasteiger charge is -2.17. The zero-order valence-electron chi connectivity index (χ0n) is 14.4. The van der Waals surface area contributed by atoms with Crippen LogP contribution >= 0.6 is 0 Å². The predicted molar refractivity (Wildman–Crippen MR) is 96.6 cm³/mol. The summed E-state index contributed by atoms with van der Waals surface area (Å²) >= 11 is 0. The van der Waals surface area contributed by atoms with E-state index >= 15 is 0 Å². The number of nitrogens with two attached hydrogens (primary N) is 1. The lowest BCUT2D eigenvalue weighted by atomic mass is 9.92. The van der Waals surface area contributed by atoms with Crippen molar-refractivity contribution in [2.75, 3.05) is 13.1 Å². The second-order valence-electron chi connectivity index (χ2n) is 7.30. The molecule has 0 radical (unpaired) electrons. The normalized spacial score (nSPS) is 25.2. The Morgan fingerprint density at radius 1 is 1.20 bits per heavy atom. The standard InChI is InChI=1S/C21H23FN2O/c1-13-5-4-8-19(22)20(13)16-7-3-2-6-15(16)17-11-18(17)21(25)24-10-9-14(23)12-24/h2-8,14,17-18H,9-12,23H2,1H3. The van der Waals surface area contributed by atoms with Gasteiger partial charge in [-0.15, -0.1) is 0 Å². The van der Waals surface area contributed by atoms with Crippen LogP contribution < -0.4 is 5.73 Å². The zero-order valence-corrected chi connectivity index (χ0v) is 14.4. The van der Waals surface area contributed by atoms with Crippen molar-refractivity contribution < 1.29 is 9.18 Å². The first-order valence-corrected chi connectivity index (χ1v) is 8.95. The summed E-state index contributed by atoms with van der Waals surface area (Å²) in [5.74, 6) is 0.192. The molecular weight excluding hydrogens is 315 g/mol. The molecule has 2 N–H and O–H groups in total. The number of carbonyl (C=O) groups excluding carboxylic acids is 1. The maximum Gasteiger partial charge on any atom is 0.226 e. The van der Waals surface area contributed by atoms with E-state index in [1.54, 1.807) is 6.07 Å². The van der Waals surface area contributed by atoms with E-state index in [2.05, 4.69) is 0 Å². The molecule has 1 saturated heterocycles. The molecule has 3 nitrogen and oxygen atoms in total. The van der Waals surface area contributed by atoms with Crippen molar-refractivity contribution in [3.63, 3.8) is 0 Å². The fraction of sp³-hybridized carbons (Fsp3) is 0.381. The number of nitrogens with zero attached hydrogens (tertiary/aromatic N) is 1. The Labute approximate surface area is 147 Å². The van der Waals surface area contributed by atoms with Gasteiger partial charge in [-0.25, -0.2) is 4.39 Å². The predicted octanol–water partition coefficient (Wildman–Crippen LogP) is 3.46. The number of amides is 1. The minimum atomic E-state index is -0.207. The highest BCUT2D eigenvalue weighted by molar-refractivity contribution is 5.84. The molecule has 130 valence electrons. The number of carbonyl (C=O) groups is 1. The molecule has 1 aliphatic heterocycles. The highest BCUT2D eigenvalue weighted by Crippen LogP contribution is 2.51. The van der Waals surface area contributed by atoms with E-state index in [9.17, 15) is 9.18 Å². The van der Waals surface area contributed by atoms with Gasteiger partial charge < -0.3 is 10.6 Å². The van der Waals surface area contributed by atoms with Gasteiger partial charge in [-0.1, -0.05) is 36.4 Å². The third-order valence-corrected chi connectivity index (χ3v) is 5.50. The molecule has 1 heterocycles. The van der Waals surface area contributed by atoms with Crippen LogP contribution in [0.15, 0.2) is 42.5 Å². The van der Waals surface area contributed by atoms with Gasteiger partial charge in [-0.05, 0) is 48.4 Å². The second-order valence-corrected chi connectivity index (χ2v) is 7.30. The molecule has 25 heavy (non-hydrogen) atoms. The van der Waals surface area contributed by atoms with Gasteiger partial charge in [-0.2, -0.15) is 0 Å². The Morgan fingerprint density at radius 2 is 2.00 bits per heavy atom. The number of benzene rings is 2. The molecule has 3 unspecified atom stereocenters. The summed E-state index contributed by atoms with van der Waals surface area (Å²) in [4.78, 5) is 14.6. The largest absolute Gasteiger partial charge is 0.341 e. The summed E-state index contributed by atoms with van der Waals surface area (Å²) in [6, 6.07) is 13.2. The lowest BCUT2D eigenvalue weighted by molar-refractivity contribution is -0.131. The molecule has 0 bridgehead atoms. The molecule has 2 fully saturated rings. The van der Waals surface area contributed by atoms with Gasteiger partial charge in [0.15, 0.2) is 0 Å². The van der Waals surface area contributed by atoms with Gasteiger partial charge >= 0.3 is 0 Å². The molecule has 1 aliphatic carbocycles. The highest BCUT2D eigenvalue weighted by Gasteiger charge is 2.47. The quantitative estimate of drug-likeness (QED) is 0.931. The summed E-state index contributed by atoms with van der Waals surface area (Å²) in [6.07, 6.45) is 1.73. The zero-order chi connectivity index (χ0) is 17.6. The van der Waals surface area contributed by atoms with Crippen LogP contribution in [0, 0.1) is 18.7 Å². The summed E-state index contributed by atoms with van der Waals surface area (Å²) < 4.78 is 14.5. The Bertz CT molecular complexity index is 799. The first kappa shape index (κ1) is 16.3. The van der Waals surface area contributed by atoms with Gasteiger partial charge in [0.2, 0.25) is 5.91 Å². The van der Waals surface area contributed by atoms with Crippen molar-refractivity contribution in [1.29, 1.82) is 0 Å². The number of hydrogen-bond acceptors (Lipinski definition) is 2. The Kier molecular flexibility index (Phi) is 4.08. The van der Waals surface area contributed by atoms with Crippen molar-refractivity contribution >= 4 is 5.91 Å². The van der Waals surface area contributed by atoms with Crippen molar-refractivity contribution in [2.45, 2.75) is 31.7 Å². The van der Waals surface area contributed by atoms with E-state index in [0.717, 1.165) is 36.1 Å². The first-order chi connectivity index (χ1) is 12.1. The second kappa shape index (κ2) is 6.26. The third kappa shape index (κ3) is 2.95. The monoisotopic (exact) mass is 338 g/mol. The fourth-order valence-corrected chi connectivity index (χ4v) is 4.05. The van der Waals surface area contributed by atoms with E-state index in [1.807, 2.05) is 42.2 Å². The summed E-state index contributed by atoms with van der Waals surface area (Å²) in [6.45, 7) is 3.35. The summed E-state index contributed by atoms with van der Waals surface area (Å²) in [5.41, 5.74) is 9.49. The Morgan fingerprint density at radius 3 is 2.72 bits per heavy atom. The van der Waals surface area contributed by atoms with Crippen LogP contribution in [0.1, 0.15) is 29.9 Å². The number of halogens is 1. The number of likely N-dealkylation sites (tertiary alicyclic amines) is 1. The average molecular weight is 338 g/mol. The Balaban J connectivity index is 1.62. The average Bonchev–Trinajstić information content (AvgIpc) is 3.28. The summed E-state index contributed by atoms with van der Waals surface area (Å²) in [5, 5.41) is 0. The van der Waals surface area contributed by atoms with E-state index in [-0.39, 0.29) is 29.6 Å². The first-order valence-electron chi connectivity index (χ1n) is 8.95. The van der Waals surface area contributed by atoms with Crippen molar-refractivity contribution in [2.24, 2.45) is 11.7 Å². The number of aryl methyl sites for hydroxylation is 1. The molecule has 3 atom stereocenters. The fourth-order valence-electron chi connectivity index (χ4n) is 4.05. The molecule has 2 aromatic rings. The molecule has 2 aliphatic rings. The maximum absolute atomic E-state index is 14.5. The molecule has 4 heteroatoms. The molecule has 4 rings (SSSR count). The number of hydrogen-bond donors (Lipinski definition) is 1. The van der Waals surface area contributed by atoms with Crippen LogP contribution in [-0.2, 0) is 4.79 Å². The van der Waals surface area contributed by atoms with E-state index in [0.29, 0.717) is 12.1 Å². The molecule has 1 amide bonds. The number of rotatable bonds is 3. The minimum Gasteiger partial charge on any atom is -0.341 e. The third-order valence-electron chi connectivity index (χ3n) is 5.50. The van der Waals surface area contributed by atoms with E-state index < -0.39 is 0 Å². The van der Waals surface area contributed by atoms with Gasteiger partial charge in [0.25, 0.3) is 0 Å². The van der Waals surface area contributed by atoms with Crippen LogP contribution in [0.5, 0.6) is 0 Å². The highest BCUT2D eigenvalue weighted by atomic mass is 19.1. The van der Waals surface area contributed by atoms with Crippen molar-refractivity contribution in [1.82, 2.24) is 4.90 Å². The van der Waals surface area contributed by atoms with Crippen LogP contribution in [0.2, 0.25) is 0 Å². The van der Waals surface area contributed by atoms with Gasteiger partial charge in [0, 0.05) is 30.6 Å². The van der Waals surface area contributed by atoms with E-state index in [1.165, 1.54) is 6.07 Å². The van der Waals surface area contributed by atoms with Crippen molar-refractivity contribution in [3.8, 4) is 11.1 Å². The molecule has 0 aromatic heterocycles. The molecule has 0 spiro atoms. The SMILES string of the molecule is Cc1cccc(F)c1-c1ccccc1C1CC1C(=O)N1CCC(N)C1. The van der Waals surface area contributed by atoms with Gasteiger partial charge in [-0.3, -0.25) is 4.79 Å². The lowest BCUT2D eigenvalue weighted by Crippen LogP contribution is -2.33. The van der Waals surface area contributed by atoms with Gasteiger partial charge in [0.1, 0.15) is 5.82 Å². The molecular formula is C21H23FN2O.